The lowest BCUT2D eigenvalue weighted by molar-refractivity contribution is -0.0347. The third-order valence-electron chi connectivity index (χ3n) is 4.77. The van der Waals surface area contributed by atoms with E-state index in [9.17, 15) is 9.59 Å². The van der Waals surface area contributed by atoms with Crippen molar-refractivity contribution in [2.45, 2.75) is 13.0 Å². The maximum absolute atomic E-state index is 13.0. The molecule has 1 unspecified atom stereocenters. The van der Waals surface area contributed by atoms with Gasteiger partial charge in [-0.3, -0.25) is 9.59 Å². The van der Waals surface area contributed by atoms with Gasteiger partial charge >= 0.3 is 0 Å². The number of ether oxygens (including phenoxy) is 2. The van der Waals surface area contributed by atoms with Crippen LogP contribution < -0.4 is 0 Å². The Morgan fingerprint density at radius 1 is 1.21 bits per heavy atom. The van der Waals surface area contributed by atoms with E-state index in [2.05, 4.69) is 0 Å². The van der Waals surface area contributed by atoms with Gasteiger partial charge in [-0.15, -0.1) is 0 Å². The van der Waals surface area contributed by atoms with Crippen LogP contribution in [0, 0.1) is 6.92 Å². The summed E-state index contributed by atoms with van der Waals surface area (Å²) in [6, 6.07) is 9.15. The average molecular weight is 386 g/mol. The quantitative estimate of drug-likeness (QED) is 0.730. The molecule has 7 nitrogen and oxygen atoms in total. The summed E-state index contributed by atoms with van der Waals surface area (Å²) in [5, 5.41) is 0. The Bertz CT molecular complexity index is 773. The Morgan fingerprint density at radius 3 is 2.68 bits per heavy atom. The molecule has 1 aliphatic rings. The molecule has 0 saturated carbocycles. The molecule has 2 aromatic rings. The van der Waals surface area contributed by atoms with E-state index < -0.39 is 0 Å². The first-order valence-corrected chi connectivity index (χ1v) is 9.36. The smallest absolute Gasteiger partial charge is 0.257 e. The van der Waals surface area contributed by atoms with Gasteiger partial charge in [-0.1, -0.05) is 17.7 Å². The number of carbonyl (C=O) groups excluding carboxylic acids is 2. The summed E-state index contributed by atoms with van der Waals surface area (Å²) in [5.41, 5.74) is 2.25. The van der Waals surface area contributed by atoms with Crippen LogP contribution in [0.3, 0.4) is 0 Å². The van der Waals surface area contributed by atoms with Crippen molar-refractivity contribution in [3.63, 3.8) is 0 Å². The molecule has 1 saturated heterocycles. The van der Waals surface area contributed by atoms with Gasteiger partial charge < -0.3 is 23.7 Å². The summed E-state index contributed by atoms with van der Waals surface area (Å²) in [4.78, 5) is 29.0. The summed E-state index contributed by atoms with van der Waals surface area (Å²) in [7, 11) is 1.61. The molecule has 2 heterocycles. The van der Waals surface area contributed by atoms with Crippen molar-refractivity contribution < 1.29 is 23.5 Å². The Morgan fingerprint density at radius 2 is 2.00 bits per heavy atom. The Hall–Kier alpha value is -2.64. The lowest BCUT2D eigenvalue weighted by Crippen LogP contribution is -2.51. The van der Waals surface area contributed by atoms with Gasteiger partial charge in [0.05, 0.1) is 31.1 Å². The molecule has 1 fully saturated rings. The van der Waals surface area contributed by atoms with Crippen molar-refractivity contribution >= 4 is 11.8 Å². The van der Waals surface area contributed by atoms with Crippen LogP contribution in [0.25, 0.3) is 0 Å². The highest BCUT2D eigenvalue weighted by atomic mass is 16.5. The van der Waals surface area contributed by atoms with Crippen LogP contribution >= 0.6 is 0 Å². The summed E-state index contributed by atoms with van der Waals surface area (Å²) >= 11 is 0. The maximum Gasteiger partial charge on any atom is 0.257 e. The van der Waals surface area contributed by atoms with E-state index in [0.717, 1.165) is 5.56 Å². The fourth-order valence-corrected chi connectivity index (χ4v) is 3.18. The number of aryl methyl sites for hydroxylation is 1. The first kappa shape index (κ1) is 20.1. The highest BCUT2D eigenvalue weighted by molar-refractivity contribution is 5.94. The summed E-state index contributed by atoms with van der Waals surface area (Å²) in [6.07, 6.45) is 2.67. The number of hydrogen-bond donors (Lipinski definition) is 0. The molecule has 0 radical (unpaired) electrons. The predicted octanol–water partition coefficient (Wildman–Crippen LogP) is 2.22. The van der Waals surface area contributed by atoms with Gasteiger partial charge in [0.2, 0.25) is 0 Å². The van der Waals surface area contributed by atoms with Crippen LogP contribution in [0.4, 0.5) is 0 Å². The number of nitrogens with zero attached hydrogens (tertiary/aromatic N) is 2. The van der Waals surface area contributed by atoms with E-state index in [4.69, 9.17) is 13.9 Å². The van der Waals surface area contributed by atoms with E-state index in [1.54, 1.807) is 23.0 Å². The third-order valence-corrected chi connectivity index (χ3v) is 4.77. The first-order chi connectivity index (χ1) is 13.6. The average Bonchev–Trinajstić information content (AvgIpc) is 3.25. The normalized spacial score (nSPS) is 16.8. The Balaban J connectivity index is 1.66. The van der Waals surface area contributed by atoms with Crippen molar-refractivity contribution in [1.29, 1.82) is 0 Å². The van der Waals surface area contributed by atoms with Crippen molar-refractivity contribution in [1.82, 2.24) is 9.80 Å². The second-order valence-electron chi connectivity index (χ2n) is 6.87. The van der Waals surface area contributed by atoms with Crippen LogP contribution in [-0.2, 0) is 9.47 Å². The molecule has 1 aliphatic heterocycles. The zero-order valence-electron chi connectivity index (χ0n) is 16.3. The van der Waals surface area contributed by atoms with E-state index in [1.807, 2.05) is 31.2 Å². The summed E-state index contributed by atoms with van der Waals surface area (Å²) < 4.78 is 16.0. The zero-order valence-corrected chi connectivity index (χ0v) is 16.3. The van der Waals surface area contributed by atoms with Crippen LogP contribution in [0.5, 0.6) is 0 Å². The van der Waals surface area contributed by atoms with Gasteiger partial charge in [0.25, 0.3) is 11.8 Å². The van der Waals surface area contributed by atoms with Crippen LogP contribution in [0.2, 0.25) is 0 Å². The van der Waals surface area contributed by atoms with Crippen LogP contribution in [-0.4, -0.2) is 74.2 Å². The number of rotatable bonds is 7. The lowest BCUT2D eigenvalue weighted by Gasteiger charge is -2.35. The molecule has 1 aromatic heterocycles. The maximum atomic E-state index is 13.0. The van der Waals surface area contributed by atoms with E-state index in [0.29, 0.717) is 50.5 Å². The number of benzene rings is 1. The highest BCUT2D eigenvalue weighted by Gasteiger charge is 2.28. The van der Waals surface area contributed by atoms with Crippen LogP contribution in [0.15, 0.2) is 47.3 Å². The van der Waals surface area contributed by atoms with Crippen molar-refractivity contribution in [3.05, 3.63) is 59.5 Å². The monoisotopic (exact) mass is 386 g/mol. The Labute approximate surface area is 164 Å². The number of morpholine rings is 1. The topological polar surface area (TPSA) is 72.2 Å². The summed E-state index contributed by atoms with van der Waals surface area (Å²) in [5.74, 6) is -0.158. The molecule has 7 heteroatoms. The summed E-state index contributed by atoms with van der Waals surface area (Å²) in [6.45, 7) is 4.65. The fourth-order valence-electron chi connectivity index (χ4n) is 3.18. The minimum atomic E-state index is -0.254. The molecule has 2 amide bonds. The van der Waals surface area contributed by atoms with Gasteiger partial charge in [0.1, 0.15) is 6.26 Å². The van der Waals surface area contributed by atoms with E-state index in [1.165, 1.54) is 12.5 Å². The van der Waals surface area contributed by atoms with Crippen LogP contribution in [0.1, 0.15) is 26.3 Å². The second kappa shape index (κ2) is 9.52. The second-order valence-corrected chi connectivity index (χ2v) is 6.87. The lowest BCUT2D eigenvalue weighted by atomic mass is 10.1. The first-order valence-electron chi connectivity index (χ1n) is 9.36. The minimum absolute atomic E-state index is 0.0704. The number of furan rings is 1. The largest absolute Gasteiger partial charge is 0.472 e. The molecule has 0 spiro atoms. The molecular weight excluding hydrogens is 360 g/mol. The number of hydrogen-bond acceptors (Lipinski definition) is 5. The molecule has 0 aliphatic carbocycles. The fraction of sp³-hybridized carbons (Fsp3) is 0.429. The van der Waals surface area contributed by atoms with Gasteiger partial charge in [-0.05, 0) is 25.1 Å². The standard InChI is InChI=1S/C21H26N2O5/c1-16-3-5-17(6-4-16)20(24)22(8-11-26-2)13-19-14-23(9-12-28-19)21(25)18-7-10-27-15-18/h3-7,10,15,19H,8-9,11-14H2,1-2H3. The third kappa shape index (κ3) is 4.99. The molecule has 1 aromatic carbocycles. The van der Waals surface area contributed by atoms with E-state index >= 15 is 0 Å². The SMILES string of the molecule is COCCN(CC1CN(C(=O)c2ccoc2)CCO1)C(=O)c1ccc(C)cc1. The zero-order chi connectivity index (χ0) is 19.9. The number of carbonyl (C=O) groups is 2. The molecule has 150 valence electrons. The van der Waals surface area contributed by atoms with Gasteiger partial charge in [0, 0.05) is 38.9 Å². The van der Waals surface area contributed by atoms with Gasteiger partial charge in [-0.25, -0.2) is 0 Å². The molecular formula is C21H26N2O5. The highest BCUT2D eigenvalue weighted by Crippen LogP contribution is 2.14. The molecule has 1 atom stereocenters. The van der Waals surface area contributed by atoms with Crippen molar-refractivity contribution in [2.24, 2.45) is 0 Å². The van der Waals surface area contributed by atoms with Gasteiger partial charge in [0.15, 0.2) is 0 Å². The van der Waals surface area contributed by atoms with Gasteiger partial charge in [-0.2, -0.15) is 0 Å². The molecule has 0 N–H and O–H groups in total. The number of methoxy groups -OCH3 is 1. The van der Waals surface area contributed by atoms with E-state index in [-0.39, 0.29) is 17.9 Å². The number of amides is 2. The van der Waals surface area contributed by atoms with Crippen molar-refractivity contribution in [2.75, 3.05) is 46.5 Å². The van der Waals surface area contributed by atoms with Crippen molar-refractivity contribution in [3.8, 4) is 0 Å². The minimum Gasteiger partial charge on any atom is -0.472 e. The predicted molar refractivity (Wildman–Crippen MR) is 103 cm³/mol. The molecule has 28 heavy (non-hydrogen) atoms. The Kier molecular flexibility index (Phi) is 6.84. The molecule has 3 rings (SSSR count). The molecule has 0 bridgehead atoms.